The van der Waals surface area contributed by atoms with Gasteiger partial charge in [0.15, 0.2) is 0 Å². The molecule has 1 fully saturated rings. The zero-order valence-electron chi connectivity index (χ0n) is 17.3. The van der Waals surface area contributed by atoms with E-state index in [1.807, 2.05) is 0 Å². The number of nitrogens with one attached hydrogen (secondary N) is 1. The third-order valence-corrected chi connectivity index (χ3v) is 5.63. The highest BCUT2D eigenvalue weighted by Gasteiger charge is 2.41. The van der Waals surface area contributed by atoms with Gasteiger partial charge in [-0.25, -0.2) is 0 Å². The van der Waals surface area contributed by atoms with Crippen molar-refractivity contribution in [2.45, 2.75) is 19.8 Å². The lowest BCUT2D eigenvalue weighted by Gasteiger charge is -2.20. The number of fused-ring (bicyclic) bond motifs is 1. The number of aryl methyl sites for hydroxylation is 1. The minimum Gasteiger partial charge on any atom is -0.339 e. The number of hydrogen-bond donors (Lipinski definition) is 1. The number of amides is 4. The summed E-state index contributed by atoms with van der Waals surface area (Å²) >= 11 is 0. The van der Waals surface area contributed by atoms with Crippen molar-refractivity contribution in [1.82, 2.24) is 9.80 Å². The first-order valence-electron chi connectivity index (χ1n) is 10.1. The maximum atomic E-state index is 13.0. The topological polar surface area (TPSA) is 130 Å². The number of carbonyl (C=O) groups is 4. The molecule has 0 unspecified atom stereocenters. The molecule has 2 aliphatic heterocycles. The molecule has 2 heterocycles. The predicted octanol–water partition coefficient (Wildman–Crippen LogP) is 2.37. The van der Waals surface area contributed by atoms with Crippen LogP contribution in [0, 0.1) is 17.0 Å². The van der Waals surface area contributed by atoms with E-state index in [0.717, 1.165) is 18.9 Å². The quantitative estimate of drug-likeness (QED) is 0.435. The minimum absolute atomic E-state index is 0.113. The fraction of sp³-hybridized carbons (Fsp3) is 0.273. The van der Waals surface area contributed by atoms with E-state index in [4.69, 9.17) is 0 Å². The zero-order chi connectivity index (χ0) is 23.0. The summed E-state index contributed by atoms with van der Waals surface area (Å²) in [4.78, 5) is 63.9. The van der Waals surface area contributed by atoms with Gasteiger partial charge in [-0.05, 0) is 37.5 Å². The summed E-state index contributed by atoms with van der Waals surface area (Å²) in [7, 11) is 0. The van der Waals surface area contributed by atoms with Crippen molar-refractivity contribution >= 4 is 35.0 Å². The third-order valence-electron chi connectivity index (χ3n) is 5.63. The summed E-state index contributed by atoms with van der Waals surface area (Å²) in [6.07, 6.45) is 1.84. The van der Waals surface area contributed by atoms with E-state index >= 15 is 0 Å². The molecule has 10 nitrogen and oxygen atoms in total. The fourth-order valence-corrected chi connectivity index (χ4v) is 4.08. The second-order valence-corrected chi connectivity index (χ2v) is 7.70. The molecule has 32 heavy (non-hydrogen) atoms. The van der Waals surface area contributed by atoms with Crippen molar-refractivity contribution in [1.29, 1.82) is 0 Å². The number of rotatable bonds is 5. The Morgan fingerprint density at radius 1 is 1.06 bits per heavy atom. The normalized spacial score (nSPS) is 15.2. The Kier molecular flexibility index (Phi) is 5.43. The van der Waals surface area contributed by atoms with Crippen LogP contribution in [-0.4, -0.2) is 58.0 Å². The van der Waals surface area contributed by atoms with E-state index in [-0.39, 0.29) is 22.7 Å². The zero-order valence-corrected chi connectivity index (χ0v) is 17.3. The van der Waals surface area contributed by atoms with Crippen LogP contribution < -0.4 is 5.32 Å². The molecule has 0 bridgehead atoms. The molecule has 4 rings (SSSR count). The average molecular weight is 436 g/mol. The molecule has 1 saturated heterocycles. The second kappa shape index (κ2) is 8.22. The van der Waals surface area contributed by atoms with E-state index in [0.29, 0.717) is 29.1 Å². The third kappa shape index (κ3) is 3.59. The van der Waals surface area contributed by atoms with Gasteiger partial charge in [0.2, 0.25) is 5.91 Å². The maximum absolute atomic E-state index is 13.0. The number of nitro groups is 1. The second-order valence-electron chi connectivity index (χ2n) is 7.70. The largest absolute Gasteiger partial charge is 0.339 e. The molecular formula is C22H20N4O6. The SMILES string of the molecule is Cc1cccc(NC(=O)CN2C(=O)c3cccc([N+](=O)[O-])c3C2=O)c1C(=O)N1CCCC1. The Hall–Kier alpha value is -4.08. The highest BCUT2D eigenvalue weighted by molar-refractivity contribution is 6.24. The van der Waals surface area contributed by atoms with Crippen molar-refractivity contribution < 1.29 is 24.1 Å². The van der Waals surface area contributed by atoms with Gasteiger partial charge in [0, 0.05) is 19.2 Å². The van der Waals surface area contributed by atoms with Crippen LogP contribution >= 0.6 is 0 Å². The van der Waals surface area contributed by atoms with Crippen LogP contribution in [0.5, 0.6) is 0 Å². The minimum atomic E-state index is -0.898. The number of nitrogens with zero attached hydrogens (tertiary/aromatic N) is 3. The molecule has 0 spiro atoms. The van der Waals surface area contributed by atoms with Gasteiger partial charge in [0.1, 0.15) is 12.1 Å². The lowest BCUT2D eigenvalue weighted by molar-refractivity contribution is -0.385. The van der Waals surface area contributed by atoms with Crippen molar-refractivity contribution in [2.24, 2.45) is 0 Å². The van der Waals surface area contributed by atoms with E-state index in [2.05, 4.69) is 5.32 Å². The van der Waals surface area contributed by atoms with Crippen LogP contribution in [0.15, 0.2) is 36.4 Å². The van der Waals surface area contributed by atoms with Gasteiger partial charge in [-0.15, -0.1) is 0 Å². The molecule has 0 aromatic heterocycles. The lowest BCUT2D eigenvalue weighted by Crippen LogP contribution is -2.38. The molecule has 1 N–H and O–H groups in total. The van der Waals surface area contributed by atoms with E-state index in [1.165, 1.54) is 12.1 Å². The number of imide groups is 1. The van der Waals surface area contributed by atoms with Gasteiger partial charge in [0.05, 0.1) is 21.7 Å². The first-order chi connectivity index (χ1) is 15.3. The molecular weight excluding hydrogens is 416 g/mol. The fourth-order valence-electron chi connectivity index (χ4n) is 4.08. The first-order valence-corrected chi connectivity index (χ1v) is 10.1. The number of carbonyl (C=O) groups excluding carboxylic acids is 4. The molecule has 0 saturated carbocycles. The molecule has 2 aliphatic rings. The first kappa shape index (κ1) is 21.2. The van der Waals surface area contributed by atoms with E-state index in [9.17, 15) is 29.3 Å². The Labute approximate surface area is 182 Å². The maximum Gasteiger partial charge on any atom is 0.282 e. The lowest BCUT2D eigenvalue weighted by atomic mass is 10.0. The number of benzene rings is 2. The van der Waals surface area contributed by atoms with Crippen molar-refractivity contribution in [3.63, 3.8) is 0 Å². The monoisotopic (exact) mass is 436 g/mol. The van der Waals surface area contributed by atoms with Crippen LogP contribution in [0.2, 0.25) is 0 Å². The Morgan fingerprint density at radius 2 is 1.75 bits per heavy atom. The molecule has 4 amide bonds. The van der Waals surface area contributed by atoms with Gasteiger partial charge >= 0.3 is 0 Å². The summed E-state index contributed by atoms with van der Waals surface area (Å²) in [5.74, 6) is -2.55. The average Bonchev–Trinajstić information content (AvgIpc) is 3.37. The van der Waals surface area contributed by atoms with Crippen LogP contribution in [0.3, 0.4) is 0 Å². The Bertz CT molecular complexity index is 1170. The number of hydrogen-bond acceptors (Lipinski definition) is 6. The smallest absolute Gasteiger partial charge is 0.282 e. The Balaban J connectivity index is 1.55. The molecule has 164 valence electrons. The number of anilines is 1. The summed E-state index contributed by atoms with van der Waals surface area (Å²) in [6, 6.07) is 8.81. The molecule has 0 atom stereocenters. The van der Waals surface area contributed by atoms with Crippen molar-refractivity contribution in [3.05, 3.63) is 68.8 Å². The molecule has 10 heteroatoms. The Morgan fingerprint density at radius 3 is 2.44 bits per heavy atom. The molecule has 0 radical (unpaired) electrons. The van der Waals surface area contributed by atoms with Gasteiger partial charge < -0.3 is 10.2 Å². The summed E-state index contributed by atoms with van der Waals surface area (Å²) < 4.78 is 0. The highest BCUT2D eigenvalue weighted by Crippen LogP contribution is 2.31. The van der Waals surface area contributed by atoms with Gasteiger partial charge in [-0.2, -0.15) is 0 Å². The standard InChI is InChI=1S/C22H20N4O6/c1-13-6-4-8-15(18(13)21(29)24-10-2-3-11-24)23-17(27)12-25-20(28)14-7-5-9-16(26(31)32)19(14)22(25)30/h4-9H,2-3,10-12H2,1H3,(H,23,27). The number of likely N-dealkylation sites (tertiary alicyclic amines) is 1. The van der Waals surface area contributed by atoms with Crippen LogP contribution in [-0.2, 0) is 4.79 Å². The summed E-state index contributed by atoms with van der Waals surface area (Å²) in [6.45, 7) is 2.43. The van der Waals surface area contributed by atoms with Gasteiger partial charge in [-0.1, -0.05) is 18.2 Å². The molecule has 0 aliphatic carbocycles. The number of nitro benzene ring substituents is 1. The molecule has 2 aromatic carbocycles. The van der Waals surface area contributed by atoms with E-state index < -0.39 is 34.9 Å². The summed E-state index contributed by atoms with van der Waals surface area (Å²) in [5, 5.41) is 13.9. The molecule has 2 aromatic rings. The van der Waals surface area contributed by atoms with Crippen LogP contribution in [0.25, 0.3) is 0 Å². The predicted molar refractivity (Wildman–Crippen MR) is 113 cm³/mol. The van der Waals surface area contributed by atoms with E-state index in [1.54, 1.807) is 30.0 Å². The van der Waals surface area contributed by atoms with Crippen LogP contribution in [0.1, 0.15) is 49.5 Å². The van der Waals surface area contributed by atoms with Crippen molar-refractivity contribution in [2.75, 3.05) is 25.0 Å². The highest BCUT2D eigenvalue weighted by atomic mass is 16.6. The van der Waals surface area contributed by atoms with Crippen LogP contribution in [0.4, 0.5) is 11.4 Å². The summed E-state index contributed by atoms with van der Waals surface area (Å²) in [5.41, 5.74) is 0.417. The van der Waals surface area contributed by atoms with Gasteiger partial charge in [0.25, 0.3) is 23.4 Å². The van der Waals surface area contributed by atoms with Crippen molar-refractivity contribution in [3.8, 4) is 0 Å². The van der Waals surface area contributed by atoms with Gasteiger partial charge in [-0.3, -0.25) is 34.2 Å².